The van der Waals surface area contributed by atoms with E-state index in [0.29, 0.717) is 16.5 Å². The second kappa shape index (κ2) is 7.00. The third-order valence-electron chi connectivity index (χ3n) is 3.63. The first-order chi connectivity index (χ1) is 12.2. The van der Waals surface area contributed by atoms with Crippen LogP contribution in [0.2, 0.25) is 5.02 Å². The minimum atomic E-state index is -0.152. The van der Waals surface area contributed by atoms with Gasteiger partial charge in [-0.2, -0.15) is 0 Å². The first kappa shape index (κ1) is 16.3. The van der Waals surface area contributed by atoms with E-state index in [-0.39, 0.29) is 5.56 Å². The zero-order valence-corrected chi connectivity index (χ0v) is 15.3. The number of thiazole rings is 1. The summed E-state index contributed by atoms with van der Waals surface area (Å²) in [5, 5.41) is 2.71. The van der Waals surface area contributed by atoms with Crippen LogP contribution in [-0.4, -0.2) is 15.0 Å². The average molecular weight is 386 g/mol. The minimum absolute atomic E-state index is 0.152. The van der Waals surface area contributed by atoms with Crippen LogP contribution in [0, 0.1) is 0 Å². The van der Waals surface area contributed by atoms with Gasteiger partial charge in [-0.15, -0.1) is 11.3 Å². The van der Waals surface area contributed by atoms with Crippen molar-refractivity contribution < 1.29 is 0 Å². The number of aromatic amines is 1. The molecule has 2 aromatic heterocycles. The van der Waals surface area contributed by atoms with Gasteiger partial charge < -0.3 is 4.98 Å². The zero-order chi connectivity index (χ0) is 17.2. The molecule has 1 N–H and O–H groups in total. The Morgan fingerprint density at radius 1 is 1.08 bits per heavy atom. The fraction of sp³-hybridized carbons (Fsp3) is 0.0556. The van der Waals surface area contributed by atoms with E-state index in [9.17, 15) is 4.79 Å². The van der Waals surface area contributed by atoms with Crippen molar-refractivity contribution in [2.24, 2.45) is 0 Å². The van der Waals surface area contributed by atoms with Gasteiger partial charge in [0.1, 0.15) is 5.69 Å². The summed E-state index contributed by atoms with van der Waals surface area (Å²) in [6, 6.07) is 15.1. The number of hydrogen-bond acceptors (Lipinski definition) is 5. The minimum Gasteiger partial charge on any atom is -0.319 e. The molecule has 0 radical (unpaired) electrons. The molecule has 2 heterocycles. The maximum absolute atomic E-state index is 12.2. The van der Waals surface area contributed by atoms with Gasteiger partial charge in [0.2, 0.25) is 0 Å². The normalized spacial score (nSPS) is 11.1. The number of nitrogens with zero attached hydrogens (tertiary/aromatic N) is 2. The summed E-state index contributed by atoms with van der Waals surface area (Å²) in [7, 11) is 0. The van der Waals surface area contributed by atoms with Crippen molar-refractivity contribution in [3.63, 3.8) is 0 Å². The Kier molecular flexibility index (Phi) is 4.57. The summed E-state index contributed by atoms with van der Waals surface area (Å²) in [4.78, 5) is 24.1. The second-order valence-electron chi connectivity index (χ2n) is 5.32. The molecule has 4 rings (SSSR count). The lowest BCUT2D eigenvalue weighted by Crippen LogP contribution is -2.14. The van der Waals surface area contributed by atoms with Crippen LogP contribution in [0.3, 0.4) is 0 Å². The third-order valence-corrected chi connectivity index (χ3v) is 5.91. The van der Waals surface area contributed by atoms with E-state index in [1.54, 1.807) is 11.3 Å². The van der Waals surface area contributed by atoms with Gasteiger partial charge in [-0.25, -0.2) is 9.97 Å². The standard InChI is InChI=1S/C18H12ClN3OS2/c19-12-7-5-11(6-8-12)15-9-24-18(22-15)25-10-16-17(23)21-14-4-2-1-3-13(14)20-16/h1-9H,10H2,(H,21,23). The van der Waals surface area contributed by atoms with Gasteiger partial charge >= 0.3 is 0 Å². The van der Waals surface area contributed by atoms with Gasteiger partial charge in [-0.05, 0) is 24.3 Å². The number of thioether (sulfide) groups is 1. The predicted molar refractivity (Wildman–Crippen MR) is 104 cm³/mol. The summed E-state index contributed by atoms with van der Waals surface area (Å²) in [5.74, 6) is 0.480. The van der Waals surface area contributed by atoms with Gasteiger partial charge in [-0.1, -0.05) is 47.6 Å². The SMILES string of the molecule is O=c1[nH]c2ccccc2nc1CSc1nc(-c2ccc(Cl)cc2)cs1. The third kappa shape index (κ3) is 3.61. The molecule has 25 heavy (non-hydrogen) atoms. The van der Waals surface area contributed by atoms with Gasteiger partial charge in [0.25, 0.3) is 5.56 Å². The summed E-state index contributed by atoms with van der Waals surface area (Å²) in [6.07, 6.45) is 0. The average Bonchev–Trinajstić information content (AvgIpc) is 3.09. The molecule has 0 bridgehead atoms. The van der Waals surface area contributed by atoms with Gasteiger partial charge in [-0.3, -0.25) is 4.79 Å². The number of fused-ring (bicyclic) bond motifs is 1. The fourth-order valence-electron chi connectivity index (χ4n) is 2.37. The molecule has 0 amide bonds. The highest BCUT2D eigenvalue weighted by molar-refractivity contribution is 8.00. The van der Waals surface area contributed by atoms with Crippen molar-refractivity contribution in [1.29, 1.82) is 0 Å². The summed E-state index contributed by atoms with van der Waals surface area (Å²) in [5.41, 5.74) is 3.82. The number of nitrogens with one attached hydrogen (secondary N) is 1. The van der Waals surface area contributed by atoms with E-state index >= 15 is 0 Å². The van der Waals surface area contributed by atoms with Gasteiger partial charge in [0, 0.05) is 21.7 Å². The van der Waals surface area contributed by atoms with Crippen LogP contribution >= 0.6 is 34.7 Å². The van der Waals surface area contributed by atoms with Crippen molar-refractivity contribution in [3.05, 3.63) is 75.0 Å². The zero-order valence-electron chi connectivity index (χ0n) is 12.9. The van der Waals surface area contributed by atoms with Crippen LogP contribution in [0.4, 0.5) is 0 Å². The lowest BCUT2D eigenvalue weighted by atomic mass is 10.2. The van der Waals surface area contributed by atoms with Crippen molar-refractivity contribution in [1.82, 2.24) is 15.0 Å². The van der Waals surface area contributed by atoms with E-state index in [0.717, 1.165) is 26.6 Å². The molecule has 7 heteroatoms. The van der Waals surface area contributed by atoms with Crippen LogP contribution < -0.4 is 5.56 Å². The summed E-state index contributed by atoms with van der Waals surface area (Å²) >= 11 is 8.99. The largest absolute Gasteiger partial charge is 0.319 e. The number of hydrogen-bond donors (Lipinski definition) is 1. The second-order valence-corrected chi connectivity index (χ2v) is 7.84. The highest BCUT2D eigenvalue weighted by Gasteiger charge is 2.09. The first-order valence-electron chi connectivity index (χ1n) is 7.51. The maximum Gasteiger partial charge on any atom is 0.271 e. The van der Waals surface area contributed by atoms with Gasteiger partial charge in [0.15, 0.2) is 4.34 Å². The number of para-hydroxylation sites is 2. The lowest BCUT2D eigenvalue weighted by molar-refractivity contribution is 1.10. The van der Waals surface area contributed by atoms with E-state index in [4.69, 9.17) is 11.6 Å². The monoisotopic (exact) mass is 385 g/mol. The number of benzene rings is 2. The van der Waals surface area contributed by atoms with Crippen LogP contribution in [0.5, 0.6) is 0 Å². The van der Waals surface area contributed by atoms with E-state index < -0.39 is 0 Å². The maximum atomic E-state index is 12.2. The molecule has 0 fully saturated rings. The number of aromatic nitrogens is 3. The quantitative estimate of drug-likeness (QED) is 0.502. The molecule has 4 nitrogen and oxygen atoms in total. The molecule has 4 aromatic rings. The Balaban J connectivity index is 1.53. The Hall–Kier alpha value is -2.15. The van der Waals surface area contributed by atoms with Crippen molar-refractivity contribution >= 4 is 45.7 Å². The fourth-order valence-corrected chi connectivity index (χ4v) is 4.26. The van der Waals surface area contributed by atoms with E-state index in [2.05, 4.69) is 15.0 Å². The van der Waals surface area contributed by atoms with Crippen LogP contribution in [0.1, 0.15) is 5.69 Å². The lowest BCUT2D eigenvalue weighted by Gasteiger charge is -2.01. The molecule has 0 saturated heterocycles. The molecule has 124 valence electrons. The Morgan fingerprint density at radius 3 is 2.72 bits per heavy atom. The molecular formula is C18H12ClN3OS2. The summed E-state index contributed by atoms with van der Waals surface area (Å²) in [6.45, 7) is 0. The van der Waals surface area contributed by atoms with Gasteiger partial charge in [0.05, 0.1) is 16.7 Å². The van der Waals surface area contributed by atoms with Crippen molar-refractivity contribution in [2.75, 3.05) is 0 Å². The topological polar surface area (TPSA) is 58.6 Å². The van der Waals surface area contributed by atoms with Crippen LogP contribution in [0.25, 0.3) is 22.3 Å². The molecule has 0 saturated carbocycles. The number of halogens is 1. The predicted octanol–water partition coefficient (Wildman–Crippen LogP) is 4.99. The number of H-pyrrole nitrogens is 1. The first-order valence-corrected chi connectivity index (χ1v) is 9.75. The number of rotatable bonds is 4. The van der Waals surface area contributed by atoms with E-state index in [1.807, 2.05) is 53.9 Å². The molecule has 0 spiro atoms. The molecule has 0 unspecified atom stereocenters. The summed E-state index contributed by atoms with van der Waals surface area (Å²) < 4.78 is 0.902. The molecule has 2 aromatic carbocycles. The van der Waals surface area contributed by atoms with Crippen LogP contribution in [0.15, 0.2) is 63.0 Å². The van der Waals surface area contributed by atoms with Crippen molar-refractivity contribution in [2.45, 2.75) is 10.1 Å². The molecule has 0 aliphatic rings. The molecule has 0 aliphatic heterocycles. The molecule has 0 aliphatic carbocycles. The molecular weight excluding hydrogens is 374 g/mol. The highest BCUT2D eigenvalue weighted by Crippen LogP contribution is 2.30. The van der Waals surface area contributed by atoms with E-state index in [1.165, 1.54) is 11.8 Å². The highest BCUT2D eigenvalue weighted by atomic mass is 35.5. The Labute approximate surface area is 156 Å². The molecule has 0 atom stereocenters. The van der Waals surface area contributed by atoms with Crippen LogP contribution in [-0.2, 0) is 5.75 Å². The smallest absolute Gasteiger partial charge is 0.271 e. The van der Waals surface area contributed by atoms with Crippen molar-refractivity contribution in [3.8, 4) is 11.3 Å². The Morgan fingerprint density at radius 2 is 1.88 bits per heavy atom. The Bertz CT molecular complexity index is 1090.